The molecule has 1 heterocycles. The quantitative estimate of drug-likeness (QED) is 0.643. The summed E-state index contributed by atoms with van der Waals surface area (Å²) in [6, 6.07) is 0.714. The summed E-state index contributed by atoms with van der Waals surface area (Å²) < 4.78 is 0. The van der Waals surface area contributed by atoms with E-state index in [1.54, 1.807) is 5.54 Å². The zero-order valence-electron chi connectivity index (χ0n) is 7.96. The Morgan fingerprint density at radius 2 is 2.25 bits per heavy atom. The van der Waals surface area contributed by atoms with Gasteiger partial charge in [0.05, 0.1) is 0 Å². The lowest BCUT2D eigenvalue weighted by Crippen LogP contribution is -2.42. The summed E-state index contributed by atoms with van der Waals surface area (Å²) >= 11 is 5.50. The van der Waals surface area contributed by atoms with E-state index >= 15 is 0 Å². The summed E-state index contributed by atoms with van der Waals surface area (Å²) in [4.78, 5) is 2.49. The Morgan fingerprint density at radius 1 is 1.50 bits per heavy atom. The minimum absolute atomic E-state index is 0.714. The Labute approximate surface area is 80.4 Å². The fourth-order valence-electron chi connectivity index (χ4n) is 1.85. The lowest BCUT2D eigenvalue weighted by molar-refractivity contribution is 0.128. The third kappa shape index (κ3) is 2.49. The predicted octanol–water partition coefficient (Wildman–Crippen LogP) is 2.86. The van der Waals surface area contributed by atoms with Crippen molar-refractivity contribution in [2.24, 2.45) is 5.92 Å². The number of hydrogen-bond donors (Lipinski definition) is 0. The van der Waals surface area contributed by atoms with Gasteiger partial charge in [0, 0.05) is 18.1 Å². The molecule has 0 aromatic heterocycles. The summed E-state index contributed by atoms with van der Waals surface area (Å²) in [5, 5.41) is 0. The molecule has 0 bridgehead atoms. The van der Waals surface area contributed by atoms with Crippen LogP contribution in [0.4, 0.5) is 0 Å². The Bertz CT molecular complexity index is 156. The molecule has 0 saturated carbocycles. The van der Waals surface area contributed by atoms with E-state index in [0.717, 1.165) is 12.5 Å². The molecule has 70 valence electrons. The number of hydrogen-bond acceptors (Lipinski definition) is 1. The lowest BCUT2D eigenvalue weighted by Gasteiger charge is -2.37. The number of halogens is 1. The Hall–Kier alpha value is -0.0100. The van der Waals surface area contributed by atoms with Crippen molar-refractivity contribution >= 4 is 11.6 Å². The van der Waals surface area contributed by atoms with Crippen molar-refractivity contribution in [3.05, 3.63) is 11.6 Å². The van der Waals surface area contributed by atoms with E-state index in [4.69, 9.17) is 11.6 Å². The highest BCUT2D eigenvalue weighted by atomic mass is 35.5. The van der Waals surface area contributed by atoms with Gasteiger partial charge in [-0.3, -0.25) is 4.90 Å². The van der Waals surface area contributed by atoms with Crippen LogP contribution >= 0.6 is 11.6 Å². The van der Waals surface area contributed by atoms with E-state index < -0.39 is 0 Å². The van der Waals surface area contributed by atoms with Crippen LogP contribution in [-0.2, 0) is 0 Å². The van der Waals surface area contributed by atoms with Gasteiger partial charge in [0.15, 0.2) is 0 Å². The summed E-state index contributed by atoms with van der Waals surface area (Å²) in [6.07, 6.45) is 4.74. The van der Waals surface area contributed by atoms with Crippen LogP contribution in [0.25, 0.3) is 0 Å². The van der Waals surface area contributed by atoms with Gasteiger partial charge in [-0.15, -0.1) is 0 Å². The monoisotopic (exact) mass is 187 g/mol. The number of likely N-dealkylation sites (tertiary alicyclic amines) is 1. The van der Waals surface area contributed by atoms with E-state index in [9.17, 15) is 0 Å². The van der Waals surface area contributed by atoms with Crippen LogP contribution in [0.3, 0.4) is 0 Å². The van der Waals surface area contributed by atoms with Gasteiger partial charge in [-0.05, 0) is 32.2 Å². The van der Waals surface area contributed by atoms with Crippen molar-refractivity contribution in [3.63, 3.8) is 0 Å². The first-order valence-electron chi connectivity index (χ1n) is 4.75. The minimum Gasteiger partial charge on any atom is -0.297 e. The van der Waals surface area contributed by atoms with E-state index in [1.807, 2.05) is 6.08 Å². The molecule has 0 amide bonds. The maximum atomic E-state index is 5.50. The normalized spacial score (nSPS) is 32.9. The predicted molar refractivity (Wildman–Crippen MR) is 54.4 cm³/mol. The zero-order valence-corrected chi connectivity index (χ0v) is 8.72. The van der Waals surface area contributed by atoms with Gasteiger partial charge in [-0.1, -0.05) is 24.6 Å². The summed E-state index contributed by atoms with van der Waals surface area (Å²) in [6.45, 7) is 6.88. The van der Waals surface area contributed by atoms with Crippen LogP contribution in [-0.4, -0.2) is 24.0 Å². The van der Waals surface area contributed by atoms with Crippen molar-refractivity contribution in [2.45, 2.75) is 32.7 Å². The minimum atomic E-state index is 0.714. The molecule has 0 N–H and O–H groups in total. The van der Waals surface area contributed by atoms with Crippen molar-refractivity contribution in [1.82, 2.24) is 4.90 Å². The first-order valence-corrected chi connectivity index (χ1v) is 5.18. The van der Waals surface area contributed by atoms with Crippen LogP contribution in [0.2, 0.25) is 0 Å². The van der Waals surface area contributed by atoms with E-state index in [-0.39, 0.29) is 0 Å². The molecule has 0 aromatic carbocycles. The highest BCUT2D eigenvalue weighted by molar-refractivity contribution is 6.25. The van der Waals surface area contributed by atoms with Crippen LogP contribution in [0.15, 0.2) is 11.6 Å². The average Bonchev–Trinajstić information content (AvgIpc) is 2.08. The molecular weight excluding hydrogens is 170 g/mol. The van der Waals surface area contributed by atoms with Crippen LogP contribution in [0.5, 0.6) is 0 Å². The van der Waals surface area contributed by atoms with Crippen molar-refractivity contribution in [2.75, 3.05) is 13.1 Å². The van der Waals surface area contributed by atoms with Crippen LogP contribution in [0.1, 0.15) is 26.7 Å². The molecule has 0 aromatic rings. The maximum absolute atomic E-state index is 5.50. The molecule has 12 heavy (non-hydrogen) atoms. The topological polar surface area (TPSA) is 3.24 Å². The van der Waals surface area contributed by atoms with Gasteiger partial charge in [0.25, 0.3) is 0 Å². The second-order valence-corrected chi connectivity index (χ2v) is 3.97. The van der Waals surface area contributed by atoms with Crippen LogP contribution in [0, 0.1) is 5.92 Å². The van der Waals surface area contributed by atoms with Crippen LogP contribution < -0.4 is 0 Å². The lowest BCUT2D eigenvalue weighted by atomic mass is 9.92. The summed E-state index contributed by atoms with van der Waals surface area (Å²) in [5.74, 6) is 0.836. The molecule has 0 spiro atoms. The molecular formula is C10H18ClN. The second kappa shape index (κ2) is 4.88. The molecule has 1 saturated heterocycles. The molecule has 1 nitrogen and oxygen atoms in total. The van der Waals surface area contributed by atoms with Crippen molar-refractivity contribution in [1.29, 1.82) is 0 Å². The fraction of sp³-hybridized carbons (Fsp3) is 0.800. The Balaban J connectivity index is 2.40. The average molecular weight is 188 g/mol. The fourth-order valence-corrected chi connectivity index (χ4v) is 1.93. The standard InChI is InChI=1S/C10H18ClN/c1-9-5-3-7-12(10(9)2)8-4-6-11/h4,6,9-10H,3,5,7-8H2,1-2H3/b6-4+. The Kier molecular flexibility index (Phi) is 4.10. The zero-order chi connectivity index (χ0) is 8.97. The highest BCUT2D eigenvalue weighted by Gasteiger charge is 2.23. The van der Waals surface area contributed by atoms with Crippen molar-refractivity contribution < 1.29 is 0 Å². The third-order valence-electron chi connectivity index (χ3n) is 2.93. The summed E-state index contributed by atoms with van der Waals surface area (Å²) in [5.41, 5.74) is 1.62. The largest absolute Gasteiger partial charge is 0.297 e. The smallest absolute Gasteiger partial charge is 0.0177 e. The molecule has 2 unspecified atom stereocenters. The van der Waals surface area contributed by atoms with Gasteiger partial charge >= 0.3 is 0 Å². The maximum Gasteiger partial charge on any atom is 0.0177 e. The number of nitrogens with zero attached hydrogens (tertiary/aromatic N) is 1. The number of rotatable bonds is 2. The molecule has 1 fully saturated rings. The van der Waals surface area contributed by atoms with Gasteiger partial charge in [-0.2, -0.15) is 0 Å². The molecule has 1 rings (SSSR count). The van der Waals surface area contributed by atoms with E-state index in [1.165, 1.54) is 19.4 Å². The van der Waals surface area contributed by atoms with Gasteiger partial charge in [-0.25, -0.2) is 0 Å². The van der Waals surface area contributed by atoms with E-state index in [0.29, 0.717) is 6.04 Å². The molecule has 1 aliphatic rings. The first kappa shape index (κ1) is 10.1. The molecule has 0 radical (unpaired) electrons. The van der Waals surface area contributed by atoms with Gasteiger partial charge < -0.3 is 0 Å². The third-order valence-corrected chi connectivity index (χ3v) is 3.11. The SMILES string of the molecule is CC1CCCN(C/C=C/Cl)C1C. The first-order chi connectivity index (χ1) is 5.75. The van der Waals surface area contributed by atoms with Gasteiger partial charge in [0.1, 0.15) is 0 Å². The van der Waals surface area contributed by atoms with Gasteiger partial charge in [0.2, 0.25) is 0 Å². The molecule has 1 aliphatic heterocycles. The second-order valence-electron chi connectivity index (χ2n) is 3.72. The number of piperidine rings is 1. The molecule has 0 aliphatic carbocycles. The molecule has 2 heteroatoms. The molecule has 2 atom stereocenters. The highest BCUT2D eigenvalue weighted by Crippen LogP contribution is 2.22. The Morgan fingerprint density at radius 3 is 2.92 bits per heavy atom. The summed E-state index contributed by atoms with van der Waals surface area (Å²) in [7, 11) is 0. The van der Waals surface area contributed by atoms with E-state index in [2.05, 4.69) is 18.7 Å². The van der Waals surface area contributed by atoms with Crippen molar-refractivity contribution in [3.8, 4) is 0 Å².